The van der Waals surface area contributed by atoms with E-state index in [4.69, 9.17) is 0 Å². The van der Waals surface area contributed by atoms with E-state index in [1.807, 2.05) is 30.3 Å². The van der Waals surface area contributed by atoms with Crippen LogP contribution in [0, 0.1) is 17.0 Å². The predicted octanol–water partition coefficient (Wildman–Crippen LogP) is 4.17. The normalized spacial score (nSPS) is 11.7. The van der Waals surface area contributed by atoms with Crippen LogP contribution in [0.1, 0.15) is 47.3 Å². The highest BCUT2D eigenvalue weighted by Crippen LogP contribution is 2.21. The molecular formula is C18H20N2O3. The Labute approximate surface area is 135 Å². The highest BCUT2D eigenvalue weighted by Gasteiger charge is 2.17. The molecule has 0 saturated carbocycles. The monoisotopic (exact) mass is 312 g/mol. The minimum Gasteiger partial charge on any atom is -0.345 e. The van der Waals surface area contributed by atoms with Crippen LogP contribution in [0.2, 0.25) is 0 Å². The van der Waals surface area contributed by atoms with E-state index in [-0.39, 0.29) is 17.6 Å². The summed E-state index contributed by atoms with van der Waals surface area (Å²) < 4.78 is 0. The molecular weight excluding hydrogens is 292 g/mol. The van der Waals surface area contributed by atoms with Crippen molar-refractivity contribution in [2.75, 3.05) is 0 Å². The van der Waals surface area contributed by atoms with Gasteiger partial charge in [-0.25, -0.2) is 0 Å². The summed E-state index contributed by atoms with van der Waals surface area (Å²) in [6, 6.07) is 14.2. The van der Waals surface area contributed by atoms with E-state index >= 15 is 0 Å². The smallest absolute Gasteiger partial charge is 0.272 e. The van der Waals surface area contributed by atoms with Crippen molar-refractivity contribution in [3.05, 3.63) is 75.3 Å². The molecule has 5 heteroatoms. The van der Waals surface area contributed by atoms with Crippen LogP contribution < -0.4 is 5.32 Å². The van der Waals surface area contributed by atoms with Crippen molar-refractivity contribution >= 4 is 11.6 Å². The van der Waals surface area contributed by atoms with Gasteiger partial charge < -0.3 is 5.32 Å². The van der Waals surface area contributed by atoms with Crippen LogP contribution in [0.3, 0.4) is 0 Å². The zero-order valence-electron chi connectivity index (χ0n) is 13.3. The summed E-state index contributed by atoms with van der Waals surface area (Å²) in [5.41, 5.74) is 2.00. The van der Waals surface area contributed by atoms with Crippen molar-refractivity contribution in [1.82, 2.24) is 5.32 Å². The molecule has 2 rings (SSSR count). The second-order valence-corrected chi connectivity index (χ2v) is 5.48. The quantitative estimate of drug-likeness (QED) is 0.642. The highest BCUT2D eigenvalue weighted by molar-refractivity contribution is 5.95. The molecule has 0 radical (unpaired) electrons. The standard InChI is InChI=1S/C18H20N2O3/c1-3-7-16(14-8-5-4-6-9-14)19-18(21)15-10-11-17(20(22)23)13(2)12-15/h4-6,8-12,16H,3,7H2,1-2H3,(H,19,21). The van der Waals surface area contributed by atoms with Gasteiger partial charge >= 0.3 is 0 Å². The first kappa shape index (κ1) is 16.7. The van der Waals surface area contributed by atoms with Gasteiger partial charge in [0.15, 0.2) is 0 Å². The molecule has 23 heavy (non-hydrogen) atoms. The van der Waals surface area contributed by atoms with Gasteiger partial charge in [-0.15, -0.1) is 0 Å². The Morgan fingerprint density at radius 2 is 1.91 bits per heavy atom. The molecule has 1 amide bonds. The second kappa shape index (κ2) is 7.54. The number of nitrogens with zero attached hydrogens (tertiary/aromatic N) is 1. The Morgan fingerprint density at radius 1 is 1.22 bits per heavy atom. The van der Waals surface area contributed by atoms with E-state index in [1.54, 1.807) is 13.0 Å². The maximum Gasteiger partial charge on any atom is 0.272 e. The van der Waals surface area contributed by atoms with Crippen molar-refractivity contribution < 1.29 is 9.72 Å². The van der Waals surface area contributed by atoms with Gasteiger partial charge in [0.2, 0.25) is 0 Å². The van der Waals surface area contributed by atoms with Crippen LogP contribution in [0.4, 0.5) is 5.69 Å². The predicted molar refractivity (Wildman–Crippen MR) is 89.4 cm³/mol. The molecule has 1 N–H and O–H groups in total. The number of carbonyl (C=O) groups excluding carboxylic acids is 1. The van der Waals surface area contributed by atoms with Crippen LogP contribution in [-0.4, -0.2) is 10.8 Å². The summed E-state index contributed by atoms with van der Waals surface area (Å²) in [6.45, 7) is 3.70. The first-order chi connectivity index (χ1) is 11.0. The lowest BCUT2D eigenvalue weighted by Crippen LogP contribution is -2.28. The molecule has 2 aromatic carbocycles. The number of nitro groups is 1. The number of rotatable bonds is 6. The first-order valence-corrected chi connectivity index (χ1v) is 7.63. The van der Waals surface area contributed by atoms with Gasteiger partial charge in [-0.05, 0) is 31.0 Å². The fraction of sp³-hybridized carbons (Fsp3) is 0.278. The number of hydrogen-bond acceptors (Lipinski definition) is 3. The maximum absolute atomic E-state index is 12.5. The third-order valence-corrected chi connectivity index (χ3v) is 3.74. The number of benzene rings is 2. The van der Waals surface area contributed by atoms with Crippen molar-refractivity contribution in [2.24, 2.45) is 0 Å². The topological polar surface area (TPSA) is 72.2 Å². The number of aryl methyl sites for hydroxylation is 1. The number of carbonyl (C=O) groups is 1. The number of nitro benzene ring substituents is 1. The summed E-state index contributed by atoms with van der Waals surface area (Å²) in [6.07, 6.45) is 1.78. The number of amides is 1. The highest BCUT2D eigenvalue weighted by atomic mass is 16.6. The molecule has 0 aromatic heterocycles. The minimum absolute atomic E-state index is 0.0229. The molecule has 1 unspecified atom stereocenters. The van der Waals surface area contributed by atoms with Crippen molar-refractivity contribution in [1.29, 1.82) is 0 Å². The van der Waals surface area contributed by atoms with Gasteiger partial charge in [-0.1, -0.05) is 43.7 Å². The van der Waals surface area contributed by atoms with Gasteiger partial charge in [0.05, 0.1) is 11.0 Å². The summed E-state index contributed by atoms with van der Waals surface area (Å²) in [5.74, 6) is -0.217. The van der Waals surface area contributed by atoms with Gasteiger partial charge in [-0.2, -0.15) is 0 Å². The lowest BCUT2D eigenvalue weighted by Gasteiger charge is -2.18. The van der Waals surface area contributed by atoms with Gasteiger partial charge in [0.25, 0.3) is 11.6 Å². The van der Waals surface area contributed by atoms with Crippen LogP contribution in [-0.2, 0) is 0 Å². The van der Waals surface area contributed by atoms with Crippen LogP contribution in [0.25, 0.3) is 0 Å². The Morgan fingerprint density at radius 3 is 2.48 bits per heavy atom. The van der Waals surface area contributed by atoms with Gasteiger partial charge in [-0.3, -0.25) is 14.9 Å². The SMILES string of the molecule is CCCC(NC(=O)c1ccc([N+](=O)[O-])c(C)c1)c1ccccc1. The largest absolute Gasteiger partial charge is 0.345 e. The molecule has 2 aromatic rings. The average Bonchev–Trinajstić information content (AvgIpc) is 2.54. The number of nitrogens with one attached hydrogen (secondary N) is 1. The zero-order chi connectivity index (χ0) is 16.8. The number of hydrogen-bond donors (Lipinski definition) is 1. The van der Waals surface area contributed by atoms with E-state index in [1.165, 1.54) is 12.1 Å². The summed E-state index contributed by atoms with van der Waals surface area (Å²) in [5, 5.41) is 13.9. The van der Waals surface area contributed by atoms with E-state index < -0.39 is 4.92 Å². The lowest BCUT2D eigenvalue weighted by molar-refractivity contribution is -0.385. The third-order valence-electron chi connectivity index (χ3n) is 3.74. The Balaban J connectivity index is 2.19. The lowest BCUT2D eigenvalue weighted by atomic mass is 10.0. The molecule has 0 bridgehead atoms. The molecule has 1 atom stereocenters. The molecule has 0 spiro atoms. The van der Waals surface area contributed by atoms with E-state index in [0.717, 1.165) is 18.4 Å². The fourth-order valence-corrected chi connectivity index (χ4v) is 2.54. The average molecular weight is 312 g/mol. The maximum atomic E-state index is 12.5. The van der Waals surface area contributed by atoms with Crippen molar-refractivity contribution in [2.45, 2.75) is 32.7 Å². The van der Waals surface area contributed by atoms with Crippen molar-refractivity contribution in [3.63, 3.8) is 0 Å². The van der Waals surface area contributed by atoms with E-state index in [9.17, 15) is 14.9 Å². The Kier molecular flexibility index (Phi) is 5.46. The first-order valence-electron chi connectivity index (χ1n) is 7.63. The zero-order valence-corrected chi connectivity index (χ0v) is 13.3. The third kappa shape index (κ3) is 4.16. The minimum atomic E-state index is -0.444. The molecule has 0 aliphatic heterocycles. The molecule has 0 aliphatic rings. The molecule has 120 valence electrons. The van der Waals surface area contributed by atoms with Crippen LogP contribution >= 0.6 is 0 Å². The summed E-state index contributed by atoms with van der Waals surface area (Å²) >= 11 is 0. The molecule has 5 nitrogen and oxygen atoms in total. The van der Waals surface area contributed by atoms with E-state index in [2.05, 4.69) is 12.2 Å². The molecule has 0 aliphatic carbocycles. The summed E-state index contributed by atoms with van der Waals surface area (Å²) in [4.78, 5) is 22.9. The van der Waals surface area contributed by atoms with Crippen LogP contribution in [0.5, 0.6) is 0 Å². The summed E-state index contributed by atoms with van der Waals surface area (Å²) in [7, 11) is 0. The van der Waals surface area contributed by atoms with E-state index in [0.29, 0.717) is 11.1 Å². The fourth-order valence-electron chi connectivity index (χ4n) is 2.54. The Hall–Kier alpha value is -2.69. The second-order valence-electron chi connectivity index (χ2n) is 5.48. The molecule has 0 saturated heterocycles. The van der Waals surface area contributed by atoms with Gasteiger partial charge in [0.1, 0.15) is 0 Å². The van der Waals surface area contributed by atoms with Crippen LogP contribution in [0.15, 0.2) is 48.5 Å². The van der Waals surface area contributed by atoms with Crippen molar-refractivity contribution in [3.8, 4) is 0 Å². The molecule has 0 heterocycles. The van der Waals surface area contributed by atoms with Gasteiger partial charge in [0, 0.05) is 17.2 Å². The molecule has 0 fully saturated rings. The Bertz CT molecular complexity index is 699.